The number of carbonyl (C=O) groups excluding carboxylic acids is 1. The number of anilines is 1. The second kappa shape index (κ2) is 5.62. The summed E-state index contributed by atoms with van der Waals surface area (Å²) in [6.07, 6.45) is 3.33. The minimum atomic E-state index is -0.272. The van der Waals surface area contributed by atoms with Crippen molar-refractivity contribution in [2.75, 3.05) is 5.73 Å². The monoisotopic (exact) mass is 283 g/mol. The van der Waals surface area contributed by atoms with Gasteiger partial charge in [-0.15, -0.1) is 0 Å². The number of rotatable bonds is 2. The highest BCUT2D eigenvalue weighted by Crippen LogP contribution is 2.23. The topological polar surface area (TPSA) is 106 Å². The summed E-state index contributed by atoms with van der Waals surface area (Å²) in [5.41, 5.74) is 14.0. The fourth-order valence-electron chi connectivity index (χ4n) is 1.91. The first-order valence-corrected chi connectivity index (χ1v) is 6.34. The summed E-state index contributed by atoms with van der Waals surface area (Å²) in [6, 6.07) is 3.40. The molecule has 0 bridgehead atoms. The third-order valence-corrected chi connectivity index (χ3v) is 2.91. The lowest BCUT2D eigenvalue weighted by atomic mass is 9.97. The van der Waals surface area contributed by atoms with E-state index >= 15 is 0 Å². The van der Waals surface area contributed by atoms with Gasteiger partial charge in [-0.25, -0.2) is 9.98 Å². The van der Waals surface area contributed by atoms with E-state index in [1.165, 1.54) is 0 Å². The van der Waals surface area contributed by atoms with Crippen LogP contribution >= 0.6 is 0 Å². The molecule has 21 heavy (non-hydrogen) atoms. The number of pyridine rings is 1. The van der Waals surface area contributed by atoms with Gasteiger partial charge in [-0.3, -0.25) is 4.79 Å². The summed E-state index contributed by atoms with van der Waals surface area (Å²) < 4.78 is 0. The highest BCUT2D eigenvalue weighted by Gasteiger charge is 2.23. The number of allylic oxidation sites excluding steroid dienone is 1. The van der Waals surface area contributed by atoms with Crippen LogP contribution in [-0.4, -0.2) is 16.7 Å². The van der Waals surface area contributed by atoms with Crippen molar-refractivity contribution in [3.8, 4) is 0 Å². The molecule has 2 rings (SSSR count). The number of hydrogen-bond acceptors (Lipinski definition) is 5. The van der Waals surface area contributed by atoms with Crippen molar-refractivity contribution in [3.63, 3.8) is 0 Å². The summed E-state index contributed by atoms with van der Waals surface area (Å²) in [5.74, 6) is 0.668. The summed E-state index contributed by atoms with van der Waals surface area (Å²) in [5, 5.41) is 2.73. The molecule has 0 spiro atoms. The number of nitrogens with zero attached hydrogens (tertiary/aromatic N) is 2. The van der Waals surface area contributed by atoms with Crippen LogP contribution in [0.3, 0.4) is 0 Å². The fourth-order valence-corrected chi connectivity index (χ4v) is 1.91. The molecule has 0 saturated heterocycles. The zero-order valence-electron chi connectivity index (χ0n) is 12.0. The Bertz CT molecular complexity index is 691. The quantitative estimate of drug-likeness (QED) is 0.761. The maximum absolute atomic E-state index is 12.2. The van der Waals surface area contributed by atoms with Gasteiger partial charge in [-0.1, -0.05) is 12.2 Å². The average molecular weight is 283 g/mol. The van der Waals surface area contributed by atoms with Crippen molar-refractivity contribution in [1.29, 1.82) is 0 Å². The maximum Gasteiger partial charge on any atom is 0.257 e. The van der Waals surface area contributed by atoms with Crippen molar-refractivity contribution in [2.45, 2.75) is 13.8 Å². The lowest BCUT2D eigenvalue weighted by Gasteiger charge is -2.19. The van der Waals surface area contributed by atoms with E-state index in [-0.39, 0.29) is 11.7 Å². The largest absolute Gasteiger partial charge is 0.384 e. The third kappa shape index (κ3) is 3.17. The van der Waals surface area contributed by atoms with E-state index in [0.29, 0.717) is 22.8 Å². The predicted molar refractivity (Wildman–Crippen MR) is 83.9 cm³/mol. The van der Waals surface area contributed by atoms with Crippen molar-refractivity contribution in [1.82, 2.24) is 10.3 Å². The number of carbonyl (C=O) groups is 1. The molecule has 0 unspecified atom stereocenters. The Kier molecular flexibility index (Phi) is 3.89. The molecule has 1 aromatic rings. The van der Waals surface area contributed by atoms with Gasteiger partial charge >= 0.3 is 0 Å². The Labute approximate surface area is 123 Å². The molecule has 0 aromatic carbocycles. The Hall–Kier alpha value is -2.89. The first-order chi connectivity index (χ1) is 9.88. The molecule has 6 heteroatoms. The van der Waals surface area contributed by atoms with E-state index in [2.05, 4.69) is 21.9 Å². The van der Waals surface area contributed by atoms with Crippen molar-refractivity contribution < 1.29 is 4.79 Å². The van der Waals surface area contributed by atoms with Gasteiger partial charge < -0.3 is 16.8 Å². The Morgan fingerprint density at radius 2 is 2.10 bits per heavy atom. The first kappa shape index (κ1) is 14.5. The Morgan fingerprint density at radius 1 is 1.38 bits per heavy atom. The number of aromatic nitrogens is 1. The molecular weight excluding hydrogens is 266 g/mol. The lowest BCUT2D eigenvalue weighted by Crippen LogP contribution is -2.36. The minimum absolute atomic E-state index is 0.134. The predicted octanol–water partition coefficient (Wildman–Crippen LogP) is 1.34. The molecule has 1 aliphatic heterocycles. The van der Waals surface area contributed by atoms with Crippen LogP contribution in [0.15, 0.2) is 52.9 Å². The van der Waals surface area contributed by atoms with E-state index in [1.807, 2.05) is 13.8 Å². The zero-order chi connectivity index (χ0) is 15.6. The molecule has 0 aliphatic carbocycles. The smallest absolute Gasteiger partial charge is 0.257 e. The first-order valence-electron chi connectivity index (χ1n) is 6.34. The molecule has 5 N–H and O–H groups in total. The van der Waals surface area contributed by atoms with Crippen molar-refractivity contribution in [3.05, 3.63) is 53.5 Å². The number of nitrogens with two attached hydrogens (primary N) is 2. The van der Waals surface area contributed by atoms with Crippen LogP contribution in [-0.2, 0) is 4.79 Å². The minimum Gasteiger partial charge on any atom is -0.384 e. The van der Waals surface area contributed by atoms with E-state index in [1.54, 1.807) is 24.4 Å². The van der Waals surface area contributed by atoms with E-state index in [0.717, 1.165) is 11.1 Å². The van der Waals surface area contributed by atoms with Gasteiger partial charge in [0.1, 0.15) is 17.5 Å². The van der Waals surface area contributed by atoms with Gasteiger partial charge in [0, 0.05) is 22.9 Å². The molecule has 108 valence electrons. The molecule has 2 heterocycles. The lowest BCUT2D eigenvalue weighted by molar-refractivity contribution is -0.114. The van der Waals surface area contributed by atoms with Crippen LogP contribution < -0.4 is 16.8 Å². The van der Waals surface area contributed by atoms with Gasteiger partial charge in [-0.05, 0) is 32.1 Å². The number of nitrogens with one attached hydrogen (secondary N) is 1. The van der Waals surface area contributed by atoms with Crippen LogP contribution in [0.2, 0.25) is 0 Å². The van der Waals surface area contributed by atoms with Gasteiger partial charge in [-0.2, -0.15) is 0 Å². The number of amides is 1. The number of nitrogen functional groups attached to an aromatic ring is 1. The van der Waals surface area contributed by atoms with Crippen molar-refractivity contribution >= 4 is 23.1 Å². The molecule has 0 fully saturated rings. The van der Waals surface area contributed by atoms with Crippen LogP contribution in [0.1, 0.15) is 19.4 Å². The Balaban J connectivity index is 2.54. The van der Waals surface area contributed by atoms with Crippen LogP contribution in [0.4, 0.5) is 5.82 Å². The highest BCUT2D eigenvalue weighted by molar-refractivity contribution is 6.31. The average Bonchev–Trinajstić information content (AvgIpc) is 2.39. The zero-order valence-corrected chi connectivity index (χ0v) is 12.0. The second-order valence-electron chi connectivity index (χ2n) is 4.85. The molecular formula is C15H17N5O. The SMILES string of the molecule is C=C(N)/N=C1/NC(=O)C(c2ccc(N)nc2)=CC1=C(C)C. The van der Waals surface area contributed by atoms with Gasteiger partial charge in [0.2, 0.25) is 0 Å². The van der Waals surface area contributed by atoms with Gasteiger partial charge in [0.15, 0.2) is 0 Å². The summed E-state index contributed by atoms with van der Waals surface area (Å²) in [7, 11) is 0. The van der Waals surface area contributed by atoms with Crippen molar-refractivity contribution in [2.24, 2.45) is 10.7 Å². The third-order valence-electron chi connectivity index (χ3n) is 2.91. The summed E-state index contributed by atoms with van der Waals surface area (Å²) in [6.45, 7) is 7.38. The van der Waals surface area contributed by atoms with Crippen LogP contribution in [0.25, 0.3) is 5.57 Å². The second-order valence-corrected chi connectivity index (χ2v) is 4.85. The number of aliphatic imine (C=N–C) groups is 1. The molecule has 0 saturated carbocycles. The van der Waals surface area contributed by atoms with E-state index in [4.69, 9.17) is 11.5 Å². The summed E-state index contributed by atoms with van der Waals surface area (Å²) in [4.78, 5) is 20.3. The normalized spacial score (nSPS) is 16.5. The van der Waals surface area contributed by atoms with Gasteiger partial charge in [0.05, 0.1) is 0 Å². The highest BCUT2D eigenvalue weighted by atomic mass is 16.1. The van der Waals surface area contributed by atoms with Crippen LogP contribution in [0.5, 0.6) is 0 Å². The molecule has 1 aliphatic rings. The number of amidine groups is 1. The Morgan fingerprint density at radius 3 is 2.62 bits per heavy atom. The molecule has 0 radical (unpaired) electrons. The maximum atomic E-state index is 12.2. The molecule has 1 amide bonds. The standard InChI is InChI=1S/C15H17N5O/c1-8(2)11-6-12(10-4-5-13(17)18-7-10)15(21)20-14(11)19-9(3)16/h4-7H,3,16H2,1-2H3,(H2,17,18)(H,19,20,21). The summed E-state index contributed by atoms with van der Waals surface area (Å²) >= 11 is 0. The molecule has 6 nitrogen and oxygen atoms in total. The molecule has 1 aromatic heterocycles. The fraction of sp³-hybridized carbons (Fsp3) is 0.133. The number of hydrogen-bond donors (Lipinski definition) is 3. The molecule has 0 atom stereocenters. The van der Waals surface area contributed by atoms with Gasteiger partial charge in [0.25, 0.3) is 5.91 Å². The van der Waals surface area contributed by atoms with E-state index < -0.39 is 0 Å². The van der Waals surface area contributed by atoms with E-state index in [9.17, 15) is 4.79 Å². The van der Waals surface area contributed by atoms with Crippen LogP contribution in [0, 0.1) is 0 Å².